The maximum atomic E-state index is 11.6. The molecule has 0 spiro atoms. The van der Waals surface area contributed by atoms with Gasteiger partial charge in [-0.2, -0.15) is 0 Å². The quantitative estimate of drug-likeness (QED) is 0.740. The number of ether oxygens (including phenoxy) is 1. The molecule has 0 bridgehead atoms. The molecule has 86 valence electrons. The summed E-state index contributed by atoms with van der Waals surface area (Å²) in [5.74, 6) is 0.169. The smallest absolute Gasteiger partial charge is 0.222 e. The number of nitrogens with zero attached hydrogens (tertiary/aromatic N) is 3. The third-order valence-electron chi connectivity index (χ3n) is 2.66. The molecule has 1 saturated heterocycles. The largest absolute Gasteiger partial charge is 0.368 e. The van der Waals surface area contributed by atoms with Crippen LogP contribution in [-0.2, 0) is 9.53 Å². The molecule has 5 heteroatoms. The van der Waals surface area contributed by atoms with E-state index >= 15 is 0 Å². The zero-order valence-electron chi connectivity index (χ0n) is 9.30. The number of rotatable bonds is 2. The van der Waals surface area contributed by atoms with Gasteiger partial charge in [-0.3, -0.25) is 4.79 Å². The SMILES string of the molecule is CCC(=O)N1CCO[C@H](c2ccncn2)C1. The molecule has 5 nitrogen and oxygen atoms in total. The van der Waals surface area contributed by atoms with Crippen LogP contribution >= 0.6 is 0 Å². The lowest BCUT2D eigenvalue weighted by Gasteiger charge is -2.32. The lowest BCUT2D eigenvalue weighted by atomic mass is 10.2. The molecule has 2 rings (SSSR count). The lowest BCUT2D eigenvalue weighted by Crippen LogP contribution is -2.42. The molecule has 1 atom stereocenters. The van der Waals surface area contributed by atoms with E-state index in [0.29, 0.717) is 26.1 Å². The Labute approximate surface area is 94.5 Å². The average Bonchev–Trinajstić information content (AvgIpc) is 2.39. The molecule has 0 radical (unpaired) electrons. The van der Waals surface area contributed by atoms with Crippen LogP contribution in [-0.4, -0.2) is 40.5 Å². The Morgan fingerprint density at radius 1 is 1.69 bits per heavy atom. The fraction of sp³-hybridized carbons (Fsp3) is 0.545. The predicted molar refractivity (Wildman–Crippen MR) is 57.6 cm³/mol. The van der Waals surface area contributed by atoms with Crippen molar-refractivity contribution in [2.24, 2.45) is 0 Å². The van der Waals surface area contributed by atoms with Crippen LogP contribution in [0.2, 0.25) is 0 Å². The molecule has 0 unspecified atom stereocenters. The fourth-order valence-electron chi connectivity index (χ4n) is 1.77. The van der Waals surface area contributed by atoms with Crippen LogP contribution in [0.3, 0.4) is 0 Å². The normalized spacial score (nSPS) is 20.8. The topological polar surface area (TPSA) is 55.3 Å². The molecule has 1 amide bonds. The second-order valence-corrected chi connectivity index (χ2v) is 3.69. The van der Waals surface area contributed by atoms with E-state index in [-0.39, 0.29) is 12.0 Å². The Kier molecular flexibility index (Phi) is 3.46. The monoisotopic (exact) mass is 221 g/mol. The number of morpholine rings is 1. The van der Waals surface area contributed by atoms with Crippen molar-refractivity contribution in [2.45, 2.75) is 19.4 Å². The lowest BCUT2D eigenvalue weighted by molar-refractivity contribution is -0.138. The van der Waals surface area contributed by atoms with Crippen molar-refractivity contribution in [3.05, 3.63) is 24.3 Å². The highest BCUT2D eigenvalue weighted by Gasteiger charge is 2.25. The minimum Gasteiger partial charge on any atom is -0.368 e. The molecule has 0 aromatic carbocycles. The molecule has 1 fully saturated rings. The molecular weight excluding hydrogens is 206 g/mol. The minimum absolute atomic E-state index is 0.118. The molecule has 1 aliphatic rings. The first kappa shape index (κ1) is 11.0. The molecule has 16 heavy (non-hydrogen) atoms. The van der Waals surface area contributed by atoms with Gasteiger partial charge >= 0.3 is 0 Å². The average molecular weight is 221 g/mol. The summed E-state index contributed by atoms with van der Waals surface area (Å²) in [7, 11) is 0. The predicted octanol–water partition coefficient (Wildman–Crippen LogP) is 0.786. The van der Waals surface area contributed by atoms with E-state index in [0.717, 1.165) is 5.69 Å². The molecular formula is C11H15N3O2. The van der Waals surface area contributed by atoms with Gasteiger partial charge in [-0.05, 0) is 6.07 Å². The summed E-state index contributed by atoms with van der Waals surface area (Å²) >= 11 is 0. The first-order valence-electron chi connectivity index (χ1n) is 5.46. The van der Waals surface area contributed by atoms with Gasteiger partial charge in [-0.15, -0.1) is 0 Å². The van der Waals surface area contributed by atoms with Gasteiger partial charge in [0, 0.05) is 19.2 Å². The third-order valence-corrected chi connectivity index (χ3v) is 2.66. The Bertz CT molecular complexity index is 356. The van der Waals surface area contributed by atoms with Crippen LogP contribution in [0.25, 0.3) is 0 Å². The second kappa shape index (κ2) is 5.03. The van der Waals surface area contributed by atoms with E-state index in [1.165, 1.54) is 6.33 Å². The van der Waals surface area contributed by atoms with Gasteiger partial charge in [-0.1, -0.05) is 6.92 Å². The molecule has 2 heterocycles. The van der Waals surface area contributed by atoms with Crippen molar-refractivity contribution in [2.75, 3.05) is 19.7 Å². The van der Waals surface area contributed by atoms with Gasteiger partial charge in [0.1, 0.15) is 12.4 Å². The molecule has 0 saturated carbocycles. The van der Waals surface area contributed by atoms with Crippen molar-refractivity contribution in [1.29, 1.82) is 0 Å². The highest BCUT2D eigenvalue weighted by atomic mass is 16.5. The van der Waals surface area contributed by atoms with Crippen molar-refractivity contribution < 1.29 is 9.53 Å². The summed E-state index contributed by atoms with van der Waals surface area (Å²) in [6.45, 7) is 3.70. The van der Waals surface area contributed by atoms with Crippen LogP contribution in [0.5, 0.6) is 0 Å². The van der Waals surface area contributed by atoms with Gasteiger partial charge in [0.25, 0.3) is 0 Å². The first-order valence-corrected chi connectivity index (χ1v) is 5.46. The zero-order valence-corrected chi connectivity index (χ0v) is 9.30. The zero-order chi connectivity index (χ0) is 11.4. The van der Waals surface area contributed by atoms with Gasteiger partial charge in [-0.25, -0.2) is 9.97 Å². The Morgan fingerprint density at radius 3 is 3.25 bits per heavy atom. The summed E-state index contributed by atoms with van der Waals surface area (Å²) in [4.78, 5) is 21.4. The van der Waals surface area contributed by atoms with Crippen LogP contribution in [0, 0.1) is 0 Å². The Morgan fingerprint density at radius 2 is 2.56 bits per heavy atom. The molecule has 1 aliphatic heterocycles. The Hall–Kier alpha value is -1.49. The van der Waals surface area contributed by atoms with E-state index in [1.54, 1.807) is 6.20 Å². The van der Waals surface area contributed by atoms with Crippen molar-refractivity contribution in [3.63, 3.8) is 0 Å². The van der Waals surface area contributed by atoms with E-state index < -0.39 is 0 Å². The third kappa shape index (κ3) is 2.36. The second-order valence-electron chi connectivity index (χ2n) is 3.69. The molecule has 0 aliphatic carbocycles. The number of hydrogen-bond donors (Lipinski definition) is 0. The molecule has 1 aromatic heterocycles. The van der Waals surface area contributed by atoms with Crippen LogP contribution in [0.1, 0.15) is 25.1 Å². The number of hydrogen-bond acceptors (Lipinski definition) is 4. The number of aromatic nitrogens is 2. The van der Waals surface area contributed by atoms with E-state index in [2.05, 4.69) is 9.97 Å². The van der Waals surface area contributed by atoms with E-state index in [1.807, 2.05) is 17.9 Å². The highest BCUT2D eigenvalue weighted by molar-refractivity contribution is 5.75. The van der Waals surface area contributed by atoms with Crippen molar-refractivity contribution >= 4 is 5.91 Å². The van der Waals surface area contributed by atoms with Crippen molar-refractivity contribution in [3.8, 4) is 0 Å². The standard InChI is InChI=1S/C11H15N3O2/c1-2-11(15)14-5-6-16-10(7-14)9-3-4-12-8-13-9/h3-4,8,10H,2,5-7H2,1H3/t10-/m0/s1. The van der Waals surface area contributed by atoms with Gasteiger partial charge in [0.05, 0.1) is 18.8 Å². The van der Waals surface area contributed by atoms with Gasteiger partial charge in [0.15, 0.2) is 0 Å². The van der Waals surface area contributed by atoms with Gasteiger partial charge < -0.3 is 9.64 Å². The van der Waals surface area contributed by atoms with Crippen LogP contribution in [0.15, 0.2) is 18.6 Å². The van der Waals surface area contributed by atoms with E-state index in [9.17, 15) is 4.79 Å². The summed E-state index contributed by atoms with van der Waals surface area (Å²) in [6, 6.07) is 1.82. The van der Waals surface area contributed by atoms with Crippen molar-refractivity contribution in [1.82, 2.24) is 14.9 Å². The fourth-order valence-corrected chi connectivity index (χ4v) is 1.77. The summed E-state index contributed by atoms with van der Waals surface area (Å²) in [5, 5.41) is 0. The highest BCUT2D eigenvalue weighted by Crippen LogP contribution is 2.20. The minimum atomic E-state index is -0.118. The van der Waals surface area contributed by atoms with Crippen LogP contribution < -0.4 is 0 Å². The Balaban J connectivity index is 2.05. The first-order chi connectivity index (χ1) is 7.81. The van der Waals surface area contributed by atoms with Crippen LogP contribution in [0.4, 0.5) is 0 Å². The van der Waals surface area contributed by atoms with Gasteiger partial charge in [0.2, 0.25) is 5.91 Å². The number of carbonyl (C=O) groups is 1. The summed E-state index contributed by atoms with van der Waals surface area (Å²) in [6.07, 6.45) is 3.61. The molecule has 1 aromatic rings. The summed E-state index contributed by atoms with van der Waals surface area (Å²) in [5.41, 5.74) is 0.837. The van der Waals surface area contributed by atoms with E-state index in [4.69, 9.17) is 4.74 Å². The number of carbonyl (C=O) groups excluding carboxylic acids is 1. The number of amides is 1. The maximum Gasteiger partial charge on any atom is 0.222 e. The maximum absolute atomic E-state index is 11.6. The molecule has 0 N–H and O–H groups in total. The summed E-state index contributed by atoms with van der Waals surface area (Å²) < 4.78 is 5.60.